The number of esters is 1. The lowest BCUT2D eigenvalue weighted by Crippen LogP contribution is -2.42. The maximum absolute atomic E-state index is 12.3. The molecule has 0 aromatic heterocycles. The zero-order valence-electron chi connectivity index (χ0n) is 13.1. The fourth-order valence-electron chi connectivity index (χ4n) is 2.57. The molecule has 0 saturated carbocycles. The molecule has 5 nitrogen and oxygen atoms in total. The van der Waals surface area contributed by atoms with Crippen LogP contribution in [0.1, 0.15) is 32.3 Å². The Balaban J connectivity index is 3.05. The van der Waals surface area contributed by atoms with E-state index in [0.29, 0.717) is 30.9 Å². The molecule has 4 N–H and O–H groups in total. The number of carbonyl (C=O) groups is 1. The molecule has 1 unspecified atom stereocenters. The van der Waals surface area contributed by atoms with Crippen molar-refractivity contribution in [2.75, 3.05) is 26.0 Å². The normalized spacial score (nSPS) is 13.5. The van der Waals surface area contributed by atoms with E-state index in [4.69, 9.17) is 20.9 Å². The van der Waals surface area contributed by atoms with Gasteiger partial charge in [0, 0.05) is 6.54 Å². The third kappa shape index (κ3) is 4.11. The van der Waals surface area contributed by atoms with Crippen molar-refractivity contribution in [3.63, 3.8) is 0 Å². The van der Waals surface area contributed by atoms with Gasteiger partial charge in [0.05, 0.1) is 24.8 Å². The first kappa shape index (κ1) is 17.3. The number of nitrogen functional groups attached to an aromatic ring is 1. The van der Waals surface area contributed by atoms with Crippen LogP contribution in [0.5, 0.6) is 5.75 Å². The van der Waals surface area contributed by atoms with Crippen molar-refractivity contribution in [3.05, 3.63) is 23.8 Å². The highest BCUT2D eigenvalue weighted by Crippen LogP contribution is 2.32. The van der Waals surface area contributed by atoms with Gasteiger partial charge in [0.25, 0.3) is 0 Å². The van der Waals surface area contributed by atoms with E-state index >= 15 is 0 Å². The molecule has 0 heterocycles. The van der Waals surface area contributed by atoms with Gasteiger partial charge in [-0.2, -0.15) is 0 Å². The lowest BCUT2D eigenvalue weighted by Gasteiger charge is -2.30. The summed E-state index contributed by atoms with van der Waals surface area (Å²) in [5.74, 6) is 0.396. The zero-order chi connectivity index (χ0) is 15.9. The first-order valence-electron chi connectivity index (χ1n) is 7.32. The van der Waals surface area contributed by atoms with Crippen LogP contribution in [0.2, 0.25) is 0 Å². The predicted octanol–water partition coefficient (Wildman–Crippen LogP) is 2.13. The highest BCUT2D eigenvalue weighted by Gasteiger charge is 2.38. The van der Waals surface area contributed by atoms with Crippen molar-refractivity contribution in [1.82, 2.24) is 0 Å². The number of carbonyl (C=O) groups excluding carboxylic acids is 1. The molecule has 0 amide bonds. The molecule has 0 fully saturated rings. The lowest BCUT2D eigenvalue weighted by atomic mass is 9.77. The SMILES string of the molecule is CCCC(CN)(Cc1ccc(OC)c(N)c1)C(=O)OCC. The highest BCUT2D eigenvalue weighted by atomic mass is 16.5. The van der Waals surface area contributed by atoms with Gasteiger partial charge < -0.3 is 20.9 Å². The summed E-state index contributed by atoms with van der Waals surface area (Å²) in [6.07, 6.45) is 2.07. The Labute approximate surface area is 126 Å². The maximum atomic E-state index is 12.3. The second-order valence-electron chi connectivity index (χ2n) is 5.21. The van der Waals surface area contributed by atoms with Crippen LogP contribution in [0.3, 0.4) is 0 Å². The van der Waals surface area contributed by atoms with Crippen LogP contribution in [-0.4, -0.2) is 26.2 Å². The van der Waals surface area contributed by atoms with E-state index in [2.05, 4.69) is 0 Å². The van der Waals surface area contributed by atoms with E-state index in [-0.39, 0.29) is 12.5 Å². The number of anilines is 1. The molecule has 0 spiro atoms. The Bertz CT molecular complexity index is 477. The van der Waals surface area contributed by atoms with Crippen LogP contribution in [0.4, 0.5) is 5.69 Å². The van der Waals surface area contributed by atoms with Gasteiger partial charge in [-0.25, -0.2) is 0 Å². The summed E-state index contributed by atoms with van der Waals surface area (Å²) in [5.41, 5.74) is 12.7. The van der Waals surface area contributed by atoms with E-state index in [0.717, 1.165) is 12.0 Å². The van der Waals surface area contributed by atoms with Crippen LogP contribution in [0, 0.1) is 5.41 Å². The molecule has 0 radical (unpaired) electrons. The summed E-state index contributed by atoms with van der Waals surface area (Å²) < 4.78 is 10.4. The Hall–Kier alpha value is -1.75. The van der Waals surface area contributed by atoms with E-state index < -0.39 is 5.41 Å². The molecule has 1 atom stereocenters. The Kier molecular flexibility index (Phi) is 6.49. The van der Waals surface area contributed by atoms with Crippen LogP contribution < -0.4 is 16.2 Å². The summed E-state index contributed by atoms with van der Waals surface area (Å²) in [6, 6.07) is 5.55. The molecular formula is C16H26N2O3. The first-order valence-corrected chi connectivity index (χ1v) is 7.32. The average molecular weight is 294 g/mol. The second-order valence-corrected chi connectivity index (χ2v) is 5.21. The number of ether oxygens (including phenoxy) is 2. The summed E-state index contributed by atoms with van der Waals surface area (Å²) in [7, 11) is 1.57. The summed E-state index contributed by atoms with van der Waals surface area (Å²) in [5, 5.41) is 0. The topological polar surface area (TPSA) is 87.6 Å². The van der Waals surface area contributed by atoms with E-state index in [1.807, 2.05) is 25.1 Å². The Morgan fingerprint density at radius 2 is 2.05 bits per heavy atom. The fraction of sp³-hybridized carbons (Fsp3) is 0.562. The van der Waals surface area contributed by atoms with Crippen LogP contribution in [-0.2, 0) is 16.0 Å². The van der Waals surface area contributed by atoms with Gasteiger partial charge >= 0.3 is 5.97 Å². The molecule has 0 saturated heterocycles. The zero-order valence-corrected chi connectivity index (χ0v) is 13.1. The number of hydrogen-bond acceptors (Lipinski definition) is 5. The third-order valence-corrected chi connectivity index (χ3v) is 3.66. The smallest absolute Gasteiger partial charge is 0.313 e. The maximum Gasteiger partial charge on any atom is 0.313 e. The standard InChI is InChI=1S/C16H26N2O3/c1-4-8-16(11-17,15(19)21-5-2)10-12-6-7-14(20-3)13(18)9-12/h6-7,9H,4-5,8,10-11,17-18H2,1-3H3. The number of benzene rings is 1. The van der Waals surface area contributed by atoms with E-state index in [1.54, 1.807) is 14.0 Å². The molecule has 0 bridgehead atoms. The van der Waals surface area contributed by atoms with Crippen molar-refractivity contribution >= 4 is 11.7 Å². The predicted molar refractivity (Wildman–Crippen MR) is 84.1 cm³/mol. The molecule has 118 valence electrons. The molecule has 0 aliphatic carbocycles. The van der Waals surface area contributed by atoms with Gasteiger partial charge in [0.2, 0.25) is 0 Å². The monoisotopic (exact) mass is 294 g/mol. The minimum absolute atomic E-state index is 0.233. The van der Waals surface area contributed by atoms with Crippen molar-refractivity contribution < 1.29 is 14.3 Å². The minimum Gasteiger partial charge on any atom is -0.495 e. The van der Waals surface area contributed by atoms with Gasteiger partial charge in [0.1, 0.15) is 5.75 Å². The lowest BCUT2D eigenvalue weighted by molar-refractivity contribution is -0.155. The summed E-state index contributed by atoms with van der Waals surface area (Å²) in [6.45, 7) is 4.45. The van der Waals surface area contributed by atoms with Gasteiger partial charge in [0.15, 0.2) is 0 Å². The summed E-state index contributed by atoms with van der Waals surface area (Å²) >= 11 is 0. The third-order valence-electron chi connectivity index (χ3n) is 3.66. The summed E-state index contributed by atoms with van der Waals surface area (Å²) in [4.78, 5) is 12.3. The molecule has 1 aromatic carbocycles. The Morgan fingerprint density at radius 3 is 2.52 bits per heavy atom. The van der Waals surface area contributed by atoms with Gasteiger partial charge in [-0.05, 0) is 37.5 Å². The van der Waals surface area contributed by atoms with Crippen LogP contribution in [0.25, 0.3) is 0 Å². The number of nitrogens with two attached hydrogens (primary N) is 2. The van der Waals surface area contributed by atoms with E-state index in [9.17, 15) is 4.79 Å². The van der Waals surface area contributed by atoms with Crippen molar-refractivity contribution in [2.45, 2.75) is 33.1 Å². The largest absolute Gasteiger partial charge is 0.495 e. The van der Waals surface area contributed by atoms with Crippen molar-refractivity contribution in [1.29, 1.82) is 0 Å². The van der Waals surface area contributed by atoms with Crippen molar-refractivity contribution in [3.8, 4) is 5.75 Å². The fourth-order valence-corrected chi connectivity index (χ4v) is 2.57. The van der Waals surface area contributed by atoms with Crippen LogP contribution in [0.15, 0.2) is 18.2 Å². The molecule has 0 aliphatic rings. The Morgan fingerprint density at radius 1 is 1.33 bits per heavy atom. The number of methoxy groups -OCH3 is 1. The minimum atomic E-state index is -0.689. The first-order chi connectivity index (χ1) is 10.0. The average Bonchev–Trinajstić information content (AvgIpc) is 2.47. The van der Waals surface area contributed by atoms with E-state index in [1.165, 1.54) is 0 Å². The van der Waals surface area contributed by atoms with Gasteiger partial charge in [-0.1, -0.05) is 19.4 Å². The highest BCUT2D eigenvalue weighted by molar-refractivity contribution is 5.77. The van der Waals surface area contributed by atoms with Gasteiger partial charge in [-0.15, -0.1) is 0 Å². The molecule has 1 aromatic rings. The molecule has 1 rings (SSSR count). The van der Waals surface area contributed by atoms with Gasteiger partial charge in [-0.3, -0.25) is 4.79 Å². The van der Waals surface area contributed by atoms with Crippen molar-refractivity contribution in [2.24, 2.45) is 11.1 Å². The second kappa shape index (κ2) is 7.88. The number of rotatable bonds is 8. The molecule has 21 heavy (non-hydrogen) atoms. The quantitative estimate of drug-likeness (QED) is 0.566. The molecule has 5 heteroatoms. The molecular weight excluding hydrogens is 268 g/mol. The molecule has 0 aliphatic heterocycles. The van der Waals surface area contributed by atoms with Crippen LogP contribution >= 0.6 is 0 Å². The number of hydrogen-bond donors (Lipinski definition) is 2.